The molecule has 0 spiro atoms. The zero-order valence-electron chi connectivity index (χ0n) is 10.7. The van der Waals surface area contributed by atoms with Crippen LogP contribution in [0.25, 0.3) is 0 Å². The molecular weight excluding hydrogens is 319 g/mol. The molecular formula is C11H10Cl2N6O2. The largest absolute Gasteiger partial charge is 0.334 e. The van der Waals surface area contributed by atoms with Gasteiger partial charge in [-0.3, -0.25) is 15.5 Å². The summed E-state index contributed by atoms with van der Waals surface area (Å²) in [5.41, 5.74) is 2.61. The van der Waals surface area contributed by atoms with E-state index in [1.165, 1.54) is 6.92 Å². The summed E-state index contributed by atoms with van der Waals surface area (Å²) in [6, 6.07) is 4.66. The van der Waals surface area contributed by atoms with Gasteiger partial charge in [0.2, 0.25) is 11.8 Å². The predicted octanol–water partition coefficient (Wildman–Crippen LogP) is 3.03. The highest BCUT2D eigenvalue weighted by Crippen LogP contribution is 2.31. The van der Waals surface area contributed by atoms with E-state index in [0.717, 1.165) is 0 Å². The van der Waals surface area contributed by atoms with Crippen LogP contribution in [0, 0.1) is 17.0 Å². The number of nitro groups is 1. The molecule has 0 amide bonds. The van der Waals surface area contributed by atoms with Gasteiger partial charge in [0.05, 0.1) is 4.92 Å². The van der Waals surface area contributed by atoms with Crippen LogP contribution >= 0.6 is 23.2 Å². The lowest BCUT2D eigenvalue weighted by molar-refractivity contribution is -0.385. The Hall–Kier alpha value is -2.16. The maximum Gasteiger partial charge on any atom is 0.332 e. The SMILES string of the molecule is Cc1nc(NN)nc(Nc2cc(Cl)cc(Cl)c2)c1[N+](=O)[O-]. The standard InChI is InChI=1S/C11H10Cl2N6O2/c1-5-9(19(20)21)10(17-11(15-5)18-14)16-8-3-6(12)2-7(13)4-8/h2-4H,14H2,1H3,(H2,15,16,17,18). The Morgan fingerprint density at radius 3 is 2.38 bits per heavy atom. The van der Waals surface area contributed by atoms with Gasteiger partial charge >= 0.3 is 5.69 Å². The summed E-state index contributed by atoms with van der Waals surface area (Å²) in [5.74, 6) is 5.28. The molecule has 0 bridgehead atoms. The van der Waals surface area contributed by atoms with Crippen LogP contribution in [0.15, 0.2) is 18.2 Å². The molecule has 8 nitrogen and oxygen atoms in total. The van der Waals surface area contributed by atoms with Crippen LogP contribution in [0.2, 0.25) is 10.0 Å². The number of hydrogen-bond acceptors (Lipinski definition) is 7. The maximum absolute atomic E-state index is 11.1. The first-order valence-electron chi connectivity index (χ1n) is 5.63. The molecule has 0 unspecified atom stereocenters. The summed E-state index contributed by atoms with van der Waals surface area (Å²) in [6.45, 7) is 1.48. The Balaban J connectivity index is 2.51. The number of benzene rings is 1. The van der Waals surface area contributed by atoms with Gasteiger partial charge in [0.25, 0.3) is 0 Å². The number of nitrogens with two attached hydrogens (primary N) is 1. The first-order valence-corrected chi connectivity index (χ1v) is 6.39. The van der Waals surface area contributed by atoms with E-state index in [2.05, 4.69) is 20.7 Å². The summed E-state index contributed by atoms with van der Waals surface area (Å²) in [7, 11) is 0. The van der Waals surface area contributed by atoms with Crippen LogP contribution in [-0.4, -0.2) is 14.9 Å². The van der Waals surface area contributed by atoms with Crippen molar-refractivity contribution in [1.29, 1.82) is 0 Å². The molecule has 4 N–H and O–H groups in total. The van der Waals surface area contributed by atoms with E-state index in [-0.39, 0.29) is 23.1 Å². The van der Waals surface area contributed by atoms with Crippen LogP contribution in [0.3, 0.4) is 0 Å². The molecule has 21 heavy (non-hydrogen) atoms. The predicted molar refractivity (Wildman–Crippen MR) is 81.0 cm³/mol. The highest BCUT2D eigenvalue weighted by Gasteiger charge is 2.22. The van der Waals surface area contributed by atoms with E-state index in [1.807, 2.05) is 0 Å². The van der Waals surface area contributed by atoms with Crippen LogP contribution in [-0.2, 0) is 0 Å². The van der Waals surface area contributed by atoms with Gasteiger partial charge in [-0.15, -0.1) is 0 Å². The molecule has 0 aliphatic carbocycles. The average Bonchev–Trinajstić information content (AvgIpc) is 2.36. The van der Waals surface area contributed by atoms with Crippen LogP contribution < -0.4 is 16.6 Å². The number of rotatable bonds is 4. The second kappa shape index (κ2) is 6.08. The lowest BCUT2D eigenvalue weighted by atomic mass is 10.3. The summed E-state index contributed by atoms with van der Waals surface area (Å²) in [6.07, 6.45) is 0. The zero-order valence-corrected chi connectivity index (χ0v) is 12.2. The minimum atomic E-state index is -0.579. The van der Waals surface area contributed by atoms with E-state index in [9.17, 15) is 10.1 Å². The Labute approximate surface area is 129 Å². The number of halogens is 2. The van der Waals surface area contributed by atoms with Crippen molar-refractivity contribution in [3.05, 3.63) is 44.1 Å². The van der Waals surface area contributed by atoms with Gasteiger partial charge in [-0.1, -0.05) is 23.2 Å². The fraction of sp³-hybridized carbons (Fsp3) is 0.0909. The van der Waals surface area contributed by atoms with Crippen molar-refractivity contribution < 1.29 is 4.92 Å². The number of anilines is 3. The molecule has 0 aliphatic rings. The first-order chi connectivity index (χ1) is 9.90. The average molecular weight is 329 g/mol. The maximum atomic E-state index is 11.1. The van der Waals surface area contributed by atoms with Crippen molar-refractivity contribution in [3.63, 3.8) is 0 Å². The quantitative estimate of drug-likeness (QED) is 0.448. The normalized spacial score (nSPS) is 10.3. The summed E-state index contributed by atoms with van der Waals surface area (Å²) in [5, 5.41) is 14.7. The molecule has 1 aromatic carbocycles. The molecule has 110 valence electrons. The first kappa shape index (κ1) is 15.2. The third kappa shape index (κ3) is 3.48. The van der Waals surface area contributed by atoms with Crippen molar-refractivity contribution in [3.8, 4) is 0 Å². The smallest absolute Gasteiger partial charge is 0.332 e. The molecule has 1 aromatic heterocycles. The highest BCUT2D eigenvalue weighted by atomic mass is 35.5. The van der Waals surface area contributed by atoms with Gasteiger partial charge in [-0.05, 0) is 25.1 Å². The van der Waals surface area contributed by atoms with Crippen molar-refractivity contribution in [1.82, 2.24) is 9.97 Å². The lowest BCUT2D eigenvalue weighted by Crippen LogP contribution is -2.13. The number of nitrogens with one attached hydrogen (secondary N) is 2. The molecule has 0 saturated heterocycles. The Kier molecular flexibility index (Phi) is 4.41. The van der Waals surface area contributed by atoms with Gasteiger partial charge in [0.15, 0.2) is 0 Å². The Bertz CT molecular complexity index is 689. The fourth-order valence-corrected chi connectivity index (χ4v) is 2.23. The topological polar surface area (TPSA) is 119 Å². The van der Waals surface area contributed by atoms with Crippen LogP contribution in [0.4, 0.5) is 23.1 Å². The molecule has 0 atom stereocenters. The van der Waals surface area contributed by atoms with Gasteiger partial charge in [-0.25, -0.2) is 10.8 Å². The van der Waals surface area contributed by atoms with E-state index < -0.39 is 4.92 Å². The second-order valence-corrected chi connectivity index (χ2v) is 4.89. The summed E-state index contributed by atoms with van der Waals surface area (Å²) >= 11 is 11.8. The minimum absolute atomic E-state index is 0.0150. The molecule has 0 aliphatic heterocycles. The highest BCUT2D eigenvalue weighted by molar-refractivity contribution is 6.35. The zero-order chi connectivity index (χ0) is 15.6. The number of hydrogen-bond donors (Lipinski definition) is 3. The van der Waals surface area contributed by atoms with Crippen molar-refractivity contribution >= 4 is 46.3 Å². The van der Waals surface area contributed by atoms with Gasteiger partial charge < -0.3 is 5.32 Å². The van der Waals surface area contributed by atoms with Gasteiger partial charge in [0, 0.05) is 15.7 Å². The molecule has 2 rings (SSSR count). The third-order valence-corrected chi connectivity index (χ3v) is 2.93. The van der Waals surface area contributed by atoms with E-state index >= 15 is 0 Å². The number of aryl methyl sites for hydroxylation is 1. The van der Waals surface area contributed by atoms with Crippen LogP contribution in [0.5, 0.6) is 0 Å². The second-order valence-electron chi connectivity index (χ2n) is 4.01. The monoisotopic (exact) mass is 328 g/mol. The summed E-state index contributed by atoms with van der Waals surface area (Å²) < 4.78 is 0. The van der Waals surface area contributed by atoms with E-state index in [4.69, 9.17) is 29.0 Å². The van der Waals surface area contributed by atoms with Crippen LogP contribution in [0.1, 0.15) is 5.69 Å². The van der Waals surface area contributed by atoms with Crippen molar-refractivity contribution in [2.24, 2.45) is 5.84 Å². The fourth-order valence-electron chi connectivity index (χ4n) is 1.70. The third-order valence-electron chi connectivity index (χ3n) is 2.50. The van der Waals surface area contributed by atoms with Gasteiger partial charge in [0.1, 0.15) is 5.69 Å². The number of aromatic nitrogens is 2. The molecule has 0 saturated carbocycles. The lowest BCUT2D eigenvalue weighted by Gasteiger charge is -2.10. The molecule has 0 fully saturated rings. The minimum Gasteiger partial charge on any atom is -0.334 e. The molecule has 2 aromatic rings. The Morgan fingerprint density at radius 2 is 1.86 bits per heavy atom. The number of nitrogen functional groups attached to an aromatic ring is 1. The number of hydrazine groups is 1. The van der Waals surface area contributed by atoms with Crippen molar-refractivity contribution in [2.45, 2.75) is 6.92 Å². The molecule has 0 radical (unpaired) electrons. The molecule has 10 heteroatoms. The van der Waals surface area contributed by atoms with E-state index in [0.29, 0.717) is 15.7 Å². The number of nitrogens with zero attached hydrogens (tertiary/aromatic N) is 3. The Morgan fingerprint density at radius 1 is 1.24 bits per heavy atom. The van der Waals surface area contributed by atoms with Crippen molar-refractivity contribution in [2.75, 3.05) is 10.7 Å². The molecule has 1 heterocycles. The van der Waals surface area contributed by atoms with E-state index in [1.54, 1.807) is 18.2 Å². The van der Waals surface area contributed by atoms with Gasteiger partial charge in [-0.2, -0.15) is 4.98 Å². The summed E-state index contributed by atoms with van der Waals surface area (Å²) in [4.78, 5) is 18.4.